The molecule has 0 saturated carbocycles. The Balaban J connectivity index is 1.81. The van der Waals surface area contributed by atoms with Crippen molar-refractivity contribution >= 4 is 34.5 Å². The van der Waals surface area contributed by atoms with Gasteiger partial charge in [0.05, 0.1) is 23.5 Å². The second kappa shape index (κ2) is 12.7. The van der Waals surface area contributed by atoms with E-state index in [4.69, 9.17) is 0 Å². The van der Waals surface area contributed by atoms with Gasteiger partial charge in [-0.15, -0.1) is 0 Å². The number of halogens is 4. The molecule has 10 nitrogen and oxygen atoms in total. The molecule has 1 atom stereocenters. The van der Waals surface area contributed by atoms with Gasteiger partial charge in [0, 0.05) is 45.0 Å². The summed E-state index contributed by atoms with van der Waals surface area (Å²) in [5.41, 5.74) is -2.09. The van der Waals surface area contributed by atoms with Crippen LogP contribution in [0, 0.1) is 11.7 Å². The van der Waals surface area contributed by atoms with Gasteiger partial charge in [0.2, 0.25) is 11.8 Å². The number of aromatic amines is 1. The van der Waals surface area contributed by atoms with Gasteiger partial charge in [-0.2, -0.15) is 13.2 Å². The first kappa shape index (κ1) is 30.9. The quantitative estimate of drug-likeness (QED) is 0.246. The zero-order chi connectivity index (χ0) is 30.5. The van der Waals surface area contributed by atoms with Crippen molar-refractivity contribution in [2.45, 2.75) is 25.6 Å². The van der Waals surface area contributed by atoms with Crippen molar-refractivity contribution in [3.05, 3.63) is 76.1 Å². The van der Waals surface area contributed by atoms with Crippen molar-refractivity contribution in [2.24, 2.45) is 5.92 Å². The maximum Gasteiger partial charge on any atom is 0.418 e. The second-order valence-electron chi connectivity index (χ2n) is 9.63. The van der Waals surface area contributed by atoms with Gasteiger partial charge < -0.3 is 29.8 Å². The van der Waals surface area contributed by atoms with Crippen molar-refractivity contribution in [1.29, 1.82) is 0 Å². The molecular weight excluding hydrogens is 550 g/mol. The summed E-state index contributed by atoms with van der Waals surface area (Å²) >= 11 is 0. The van der Waals surface area contributed by atoms with Crippen molar-refractivity contribution < 1.29 is 37.1 Å². The Kier molecular flexibility index (Phi) is 9.58. The number of anilines is 1. The maximum atomic E-state index is 13.8. The van der Waals surface area contributed by atoms with E-state index in [1.807, 2.05) is 0 Å². The molecule has 41 heavy (non-hydrogen) atoms. The van der Waals surface area contributed by atoms with Crippen molar-refractivity contribution in [2.75, 3.05) is 33.0 Å². The first-order chi connectivity index (χ1) is 19.2. The van der Waals surface area contributed by atoms with E-state index in [0.29, 0.717) is 6.07 Å². The number of H-pyrrole nitrogens is 1. The lowest BCUT2D eigenvalue weighted by Crippen LogP contribution is -2.37. The van der Waals surface area contributed by atoms with Gasteiger partial charge in [-0.1, -0.05) is 6.08 Å². The average molecular weight is 580 g/mol. The number of allylic oxidation sites excluding steroid dienone is 1. The van der Waals surface area contributed by atoms with Crippen molar-refractivity contribution in [1.82, 2.24) is 19.4 Å². The predicted octanol–water partition coefficient (Wildman–Crippen LogP) is 4.12. The molecule has 0 radical (unpaired) electrons. The van der Waals surface area contributed by atoms with Crippen molar-refractivity contribution in [3.8, 4) is 0 Å². The fraction of sp³-hybridized carbons (Fsp3) is 0.333. The maximum absolute atomic E-state index is 13.8. The summed E-state index contributed by atoms with van der Waals surface area (Å²) in [5, 5.41) is 11.7. The van der Waals surface area contributed by atoms with E-state index >= 15 is 0 Å². The molecule has 0 aliphatic rings. The molecule has 3 N–H and O–H groups in total. The van der Waals surface area contributed by atoms with Gasteiger partial charge in [-0.3, -0.25) is 14.4 Å². The van der Waals surface area contributed by atoms with Crippen LogP contribution < -0.4 is 10.9 Å². The fourth-order valence-electron chi connectivity index (χ4n) is 4.09. The topological polar surface area (TPSA) is 128 Å². The zero-order valence-corrected chi connectivity index (χ0v) is 22.5. The highest BCUT2D eigenvalue weighted by Crippen LogP contribution is 2.35. The van der Waals surface area contributed by atoms with Crippen LogP contribution in [0.15, 0.2) is 53.5 Å². The number of carbonyl (C=O) groups is 3. The van der Waals surface area contributed by atoms with Gasteiger partial charge in [0.25, 0.3) is 5.56 Å². The van der Waals surface area contributed by atoms with E-state index < -0.39 is 41.0 Å². The molecule has 0 fully saturated rings. The third-order valence-corrected chi connectivity index (χ3v) is 6.25. The first-order valence-electron chi connectivity index (χ1n) is 12.4. The lowest BCUT2D eigenvalue weighted by atomic mass is 10.0. The monoisotopic (exact) mass is 579 g/mol. The summed E-state index contributed by atoms with van der Waals surface area (Å²) in [6.45, 7) is -0.378. The molecule has 0 saturated heterocycles. The van der Waals surface area contributed by atoms with Crippen LogP contribution in [0.4, 0.5) is 28.0 Å². The Bertz CT molecular complexity index is 1530. The number of nitrogens with one attached hydrogen (secondary N) is 2. The summed E-state index contributed by atoms with van der Waals surface area (Å²) in [6.07, 6.45) is -1.32. The van der Waals surface area contributed by atoms with Gasteiger partial charge >= 0.3 is 12.3 Å². The zero-order valence-electron chi connectivity index (χ0n) is 22.5. The summed E-state index contributed by atoms with van der Waals surface area (Å²) in [4.78, 5) is 54.1. The number of hydrogen-bond acceptors (Lipinski definition) is 4. The highest BCUT2D eigenvalue weighted by molar-refractivity contribution is 5.93. The number of hydrogen-bond donors (Lipinski definition) is 3. The molecule has 0 unspecified atom stereocenters. The smallest absolute Gasteiger partial charge is 0.418 e. The molecule has 0 spiro atoms. The fourth-order valence-corrected chi connectivity index (χ4v) is 4.09. The lowest BCUT2D eigenvalue weighted by molar-refractivity contribution is -0.136. The minimum absolute atomic E-state index is 0.0171. The number of aromatic nitrogens is 2. The third-order valence-electron chi connectivity index (χ3n) is 6.25. The number of carbonyl (C=O) groups excluding carboxylic acids is 2. The number of rotatable bonds is 10. The number of alkyl halides is 3. The number of amides is 3. The number of likely N-dealkylation sites (N-methyl/N-ethyl adjacent to an activating group) is 1. The van der Waals surface area contributed by atoms with Crippen LogP contribution in [0.25, 0.3) is 10.9 Å². The molecule has 1 aromatic carbocycles. The molecular formula is C27H29F4N5O5. The molecule has 2 aromatic heterocycles. The molecule has 14 heteroatoms. The number of pyridine rings is 1. The molecule has 3 amide bonds. The summed E-state index contributed by atoms with van der Waals surface area (Å²) < 4.78 is 55.1. The van der Waals surface area contributed by atoms with Crippen LogP contribution in [-0.4, -0.2) is 70.1 Å². The Morgan fingerprint density at radius 1 is 1.17 bits per heavy atom. The molecule has 0 aliphatic heterocycles. The minimum Gasteiger partial charge on any atom is -0.465 e. The molecule has 0 aliphatic carbocycles. The summed E-state index contributed by atoms with van der Waals surface area (Å²) in [5.74, 6) is -2.81. The number of nitrogens with zero attached hydrogens (tertiary/aromatic N) is 3. The number of fused-ring (bicyclic) bond motifs is 1. The number of carboxylic acid groups (broad SMARTS) is 1. The molecule has 2 heterocycles. The van der Waals surface area contributed by atoms with Gasteiger partial charge in [-0.05, 0) is 49.2 Å². The van der Waals surface area contributed by atoms with Crippen LogP contribution >= 0.6 is 0 Å². The molecule has 3 aromatic rings. The molecule has 220 valence electrons. The normalized spacial score (nSPS) is 12.5. The average Bonchev–Trinajstić information content (AvgIpc) is 3.28. The molecule has 3 rings (SSSR count). The highest BCUT2D eigenvalue weighted by Gasteiger charge is 2.34. The second-order valence-corrected chi connectivity index (χ2v) is 9.63. The summed E-state index contributed by atoms with van der Waals surface area (Å²) in [6, 6.07) is 5.43. The van der Waals surface area contributed by atoms with E-state index in [9.17, 15) is 41.8 Å². The summed E-state index contributed by atoms with van der Waals surface area (Å²) in [7, 11) is 4.45. The Hall–Kier alpha value is -4.62. The van der Waals surface area contributed by atoms with E-state index in [1.54, 1.807) is 20.2 Å². The van der Waals surface area contributed by atoms with Crippen molar-refractivity contribution in [3.63, 3.8) is 0 Å². The standard InChI is InChI=1S/C27H29F4N5O5/c1-34(2)22(37)9-5-4-7-16(14-35(3)26(40)41)24(38)33-21-8-6-10-36(25(21)39)15-19-12-17-11-18(28)13-20(23(17)32-19)27(29,30)31/h5-6,8-13,16,32H,4,7,14-15H2,1-3H3,(H,33,38)(H,40,41)/b9-5+/t16-/m0/s1. The van der Waals surface area contributed by atoms with Crippen LogP contribution in [-0.2, 0) is 22.3 Å². The van der Waals surface area contributed by atoms with Gasteiger partial charge in [-0.25, -0.2) is 9.18 Å². The Labute approximate surface area is 231 Å². The van der Waals surface area contributed by atoms with Gasteiger partial charge in [0.1, 0.15) is 11.5 Å². The lowest BCUT2D eigenvalue weighted by Gasteiger charge is -2.21. The predicted molar refractivity (Wildman–Crippen MR) is 143 cm³/mol. The highest BCUT2D eigenvalue weighted by atomic mass is 19.4. The number of benzene rings is 1. The SMILES string of the molecule is CN(C)C(=O)/C=C/CC[C@@H](CN(C)C(=O)O)C(=O)Nc1cccn(Cc2cc3cc(F)cc(C(F)(F)F)c3[nH]2)c1=O. The van der Waals surface area contributed by atoms with Crippen LogP contribution in [0.5, 0.6) is 0 Å². The third kappa shape index (κ3) is 7.96. The van der Waals surface area contributed by atoms with E-state index in [2.05, 4.69) is 10.3 Å². The Morgan fingerprint density at radius 3 is 2.51 bits per heavy atom. The molecule has 0 bridgehead atoms. The van der Waals surface area contributed by atoms with Gasteiger partial charge in [0.15, 0.2) is 0 Å². The largest absolute Gasteiger partial charge is 0.465 e. The van der Waals surface area contributed by atoms with E-state index in [-0.39, 0.29) is 54.1 Å². The van der Waals surface area contributed by atoms with Crippen LogP contribution in [0.2, 0.25) is 0 Å². The minimum atomic E-state index is -4.80. The van der Waals surface area contributed by atoms with Crippen LogP contribution in [0.1, 0.15) is 24.1 Å². The van der Waals surface area contributed by atoms with E-state index in [1.165, 1.54) is 42.4 Å². The van der Waals surface area contributed by atoms with E-state index in [0.717, 1.165) is 15.5 Å². The first-order valence-corrected chi connectivity index (χ1v) is 12.4. The van der Waals surface area contributed by atoms with Crippen LogP contribution in [0.3, 0.4) is 0 Å². The Morgan fingerprint density at radius 2 is 1.88 bits per heavy atom.